The number of aromatic nitrogens is 4. The molecule has 0 atom stereocenters. The van der Waals surface area contributed by atoms with Gasteiger partial charge in [0, 0.05) is 56.5 Å². The van der Waals surface area contributed by atoms with E-state index in [1.807, 2.05) is 24.3 Å². The fraction of sp³-hybridized carbons (Fsp3) is 0.286. The van der Waals surface area contributed by atoms with Gasteiger partial charge in [0.25, 0.3) is 11.6 Å². The van der Waals surface area contributed by atoms with Gasteiger partial charge in [0.2, 0.25) is 0 Å². The second-order valence-corrected chi connectivity index (χ2v) is 6.90. The molecule has 0 saturated carbocycles. The zero-order valence-electron chi connectivity index (χ0n) is 16.1. The molecule has 1 aliphatic heterocycles. The molecule has 8 heteroatoms. The van der Waals surface area contributed by atoms with Crippen molar-refractivity contribution in [2.24, 2.45) is 7.05 Å². The van der Waals surface area contributed by atoms with Crippen LogP contribution in [0, 0.1) is 0 Å². The van der Waals surface area contributed by atoms with Crippen LogP contribution in [0.4, 0.5) is 5.69 Å². The molecule has 1 aliphatic rings. The van der Waals surface area contributed by atoms with E-state index in [4.69, 9.17) is 4.74 Å². The van der Waals surface area contributed by atoms with E-state index in [0.717, 1.165) is 37.9 Å². The van der Waals surface area contributed by atoms with Crippen LogP contribution in [0.25, 0.3) is 11.4 Å². The van der Waals surface area contributed by atoms with Gasteiger partial charge in [0.15, 0.2) is 6.29 Å². The molecule has 0 unspecified atom stereocenters. The molecule has 8 nitrogen and oxygen atoms in total. The Balaban J connectivity index is 1.49. The summed E-state index contributed by atoms with van der Waals surface area (Å²) in [6.45, 7) is 1.52. The van der Waals surface area contributed by atoms with Gasteiger partial charge in [0.1, 0.15) is 12.4 Å². The number of benzene rings is 1. The lowest BCUT2D eigenvalue weighted by Crippen LogP contribution is -2.39. The number of nitrogens with zero attached hydrogens (tertiary/aromatic N) is 5. The van der Waals surface area contributed by atoms with Crippen LogP contribution in [0.15, 0.2) is 53.7 Å². The molecule has 0 N–H and O–H groups in total. The number of rotatable bonds is 5. The molecule has 0 radical (unpaired) electrons. The number of aldehydes is 1. The van der Waals surface area contributed by atoms with Gasteiger partial charge in [-0.05, 0) is 18.2 Å². The molecule has 0 aliphatic carbocycles. The third-order valence-corrected chi connectivity index (χ3v) is 5.06. The van der Waals surface area contributed by atoms with E-state index in [9.17, 15) is 9.59 Å². The van der Waals surface area contributed by atoms with E-state index in [2.05, 4.69) is 19.9 Å². The zero-order chi connectivity index (χ0) is 20.2. The number of carbonyl (C=O) groups excluding carboxylic acids is 1. The third kappa shape index (κ3) is 4.01. The van der Waals surface area contributed by atoms with Crippen LogP contribution in [-0.2, 0) is 7.05 Å². The van der Waals surface area contributed by atoms with Crippen molar-refractivity contribution >= 4 is 12.0 Å². The first-order chi connectivity index (χ1) is 14.2. The highest BCUT2D eigenvalue weighted by atomic mass is 16.5. The van der Waals surface area contributed by atoms with Crippen LogP contribution >= 0.6 is 0 Å². The van der Waals surface area contributed by atoms with E-state index in [-0.39, 0.29) is 17.7 Å². The van der Waals surface area contributed by atoms with Crippen molar-refractivity contribution < 1.29 is 9.53 Å². The maximum atomic E-state index is 12.3. The number of anilines is 1. The molecule has 1 aromatic carbocycles. The van der Waals surface area contributed by atoms with Crippen molar-refractivity contribution in [2.45, 2.75) is 18.9 Å². The first-order valence-corrected chi connectivity index (χ1v) is 9.46. The Labute approximate surface area is 167 Å². The lowest BCUT2D eigenvalue weighted by atomic mass is 10.1. The van der Waals surface area contributed by atoms with Crippen molar-refractivity contribution in [3.63, 3.8) is 0 Å². The summed E-state index contributed by atoms with van der Waals surface area (Å²) in [5.41, 5.74) is 2.46. The van der Waals surface area contributed by atoms with Crippen LogP contribution in [0.2, 0.25) is 0 Å². The van der Waals surface area contributed by atoms with Crippen LogP contribution in [0.1, 0.15) is 23.2 Å². The summed E-state index contributed by atoms with van der Waals surface area (Å²) >= 11 is 0. The second kappa shape index (κ2) is 8.22. The summed E-state index contributed by atoms with van der Waals surface area (Å²) in [6.07, 6.45) is 5.38. The van der Waals surface area contributed by atoms with Crippen LogP contribution in [-0.4, -0.2) is 45.0 Å². The largest absolute Gasteiger partial charge is 0.461 e. The van der Waals surface area contributed by atoms with Gasteiger partial charge in [-0.3, -0.25) is 14.2 Å². The molecule has 3 heterocycles. The quantitative estimate of drug-likeness (QED) is 0.615. The standard InChI is InChI=1S/C21H21N5O3/c1-25-20(28)12-18(17-6-9-22-14-23-17)24-21(25)29-16-7-10-26(11-8-16)19-5-3-2-4-15(19)13-27/h2-6,9,12-14,16H,7-8,10-11H2,1H3. The summed E-state index contributed by atoms with van der Waals surface area (Å²) < 4.78 is 7.48. The van der Waals surface area contributed by atoms with E-state index in [1.54, 1.807) is 19.3 Å². The number of carbonyl (C=O) groups is 1. The Morgan fingerprint density at radius 2 is 1.93 bits per heavy atom. The van der Waals surface area contributed by atoms with Crippen LogP contribution in [0.3, 0.4) is 0 Å². The van der Waals surface area contributed by atoms with Gasteiger partial charge in [0.05, 0.1) is 11.4 Å². The van der Waals surface area contributed by atoms with Crippen LogP contribution < -0.4 is 15.2 Å². The molecular formula is C21H21N5O3. The summed E-state index contributed by atoms with van der Waals surface area (Å²) in [5, 5.41) is 0. The molecule has 0 amide bonds. The van der Waals surface area contributed by atoms with Gasteiger partial charge >= 0.3 is 0 Å². The highest BCUT2D eigenvalue weighted by Gasteiger charge is 2.23. The Hall–Kier alpha value is -3.55. The highest BCUT2D eigenvalue weighted by molar-refractivity contribution is 5.84. The fourth-order valence-corrected chi connectivity index (χ4v) is 3.44. The van der Waals surface area contributed by atoms with Crippen molar-refractivity contribution in [1.29, 1.82) is 0 Å². The molecular weight excluding hydrogens is 370 g/mol. The van der Waals surface area contributed by atoms with Gasteiger partial charge < -0.3 is 9.64 Å². The third-order valence-electron chi connectivity index (χ3n) is 5.06. The molecule has 1 saturated heterocycles. The van der Waals surface area contributed by atoms with Gasteiger partial charge in [-0.1, -0.05) is 12.1 Å². The molecule has 29 heavy (non-hydrogen) atoms. The monoisotopic (exact) mass is 391 g/mol. The lowest BCUT2D eigenvalue weighted by molar-refractivity contribution is 0.112. The summed E-state index contributed by atoms with van der Waals surface area (Å²) in [6, 6.07) is 11.0. The predicted octanol–water partition coefficient (Wildman–Crippen LogP) is 2.10. The minimum absolute atomic E-state index is 0.0617. The molecule has 3 aromatic rings. The van der Waals surface area contributed by atoms with E-state index in [1.165, 1.54) is 17.0 Å². The number of ether oxygens (including phenoxy) is 1. The van der Waals surface area contributed by atoms with Gasteiger partial charge in [-0.25, -0.2) is 9.97 Å². The van der Waals surface area contributed by atoms with Crippen molar-refractivity contribution in [3.05, 3.63) is 64.8 Å². The first-order valence-electron chi connectivity index (χ1n) is 9.46. The first kappa shape index (κ1) is 18.8. The maximum Gasteiger partial charge on any atom is 0.299 e. The van der Waals surface area contributed by atoms with E-state index < -0.39 is 0 Å². The van der Waals surface area contributed by atoms with Gasteiger partial charge in [-0.2, -0.15) is 4.98 Å². The fourth-order valence-electron chi connectivity index (χ4n) is 3.44. The molecule has 1 fully saturated rings. The lowest BCUT2D eigenvalue weighted by Gasteiger charge is -2.34. The van der Waals surface area contributed by atoms with Crippen molar-refractivity contribution in [2.75, 3.05) is 18.0 Å². The Bertz CT molecular complexity index is 1060. The topological polar surface area (TPSA) is 90.2 Å². The van der Waals surface area contributed by atoms with E-state index in [0.29, 0.717) is 17.0 Å². The molecule has 0 bridgehead atoms. The molecule has 148 valence electrons. The minimum atomic E-state index is -0.207. The van der Waals surface area contributed by atoms with Crippen LogP contribution in [0.5, 0.6) is 6.01 Å². The van der Waals surface area contributed by atoms with Crippen molar-refractivity contribution in [1.82, 2.24) is 19.5 Å². The minimum Gasteiger partial charge on any atom is -0.461 e. The molecule has 0 spiro atoms. The second-order valence-electron chi connectivity index (χ2n) is 6.90. The Kier molecular flexibility index (Phi) is 5.33. The van der Waals surface area contributed by atoms with Gasteiger partial charge in [-0.15, -0.1) is 0 Å². The van der Waals surface area contributed by atoms with E-state index >= 15 is 0 Å². The van der Waals surface area contributed by atoms with Crippen molar-refractivity contribution in [3.8, 4) is 17.4 Å². The SMILES string of the molecule is Cn1c(OC2CCN(c3ccccc3C=O)CC2)nc(-c2ccncn2)cc1=O. The summed E-state index contributed by atoms with van der Waals surface area (Å²) in [4.78, 5) is 38.4. The molecule has 4 rings (SSSR count). The number of para-hydroxylation sites is 1. The number of hydrogen-bond acceptors (Lipinski definition) is 7. The zero-order valence-corrected chi connectivity index (χ0v) is 16.1. The maximum absolute atomic E-state index is 12.3. The average Bonchev–Trinajstić information content (AvgIpc) is 2.78. The smallest absolute Gasteiger partial charge is 0.299 e. The number of hydrogen-bond donors (Lipinski definition) is 0. The predicted molar refractivity (Wildman–Crippen MR) is 108 cm³/mol. The Morgan fingerprint density at radius 3 is 2.66 bits per heavy atom. The average molecular weight is 391 g/mol. The summed E-state index contributed by atoms with van der Waals surface area (Å²) in [7, 11) is 1.64. The number of piperidine rings is 1. The normalized spacial score (nSPS) is 14.6. The Morgan fingerprint density at radius 1 is 1.14 bits per heavy atom. The summed E-state index contributed by atoms with van der Waals surface area (Å²) in [5.74, 6) is 0. The highest BCUT2D eigenvalue weighted by Crippen LogP contribution is 2.25. The molecule has 2 aromatic heterocycles.